The maximum atomic E-state index is 12.3. The Bertz CT molecular complexity index is 939. The Balaban J connectivity index is 1.81. The van der Waals surface area contributed by atoms with E-state index in [0.717, 1.165) is 16.2 Å². The first-order chi connectivity index (χ1) is 12.0. The molecule has 0 saturated heterocycles. The third kappa shape index (κ3) is 3.50. The molecule has 0 unspecified atom stereocenters. The molecule has 5 nitrogen and oxygen atoms in total. The highest BCUT2D eigenvalue weighted by Crippen LogP contribution is 2.31. The number of fused-ring (bicyclic) bond motifs is 3. The van der Waals surface area contributed by atoms with Crippen LogP contribution in [0.3, 0.4) is 0 Å². The van der Waals surface area contributed by atoms with Crippen molar-refractivity contribution in [2.24, 2.45) is 5.92 Å². The normalized spacial score (nSPS) is 11.2. The van der Waals surface area contributed by atoms with Gasteiger partial charge in [-0.3, -0.25) is 4.79 Å². The molecule has 0 fully saturated rings. The minimum absolute atomic E-state index is 0.142. The lowest BCUT2D eigenvalue weighted by molar-refractivity contribution is -0.124. The first kappa shape index (κ1) is 17.0. The zero-order valence-electron chi connectivity index (χ0n) is 14.6. The monoisotopic (exact) mass is 339 g/mol. The van der Waals surface area contributed by atoms with Crippen LogP contribution in [0.2, 0.25) is 0 Å². The fourth-order valence-electron chi connectivity index (χ4n) is 2.71. The fourth-order valence-corrected chi connectivity index (χ4v) is 2.71. The van der Waals surface area contributed by atoms with Crippen molar-refractivity contribution in [2.45, 2.75) is 20.8 Å². The van der Waals surface area contributed by atoms with E-state index in [0.29, 0.717) is 23.6 Å². The van der Waals surface area contributed by atoms with Gasteiger partial charge < -0.3 is 14.5 Å². The van der Waals surface area contributed by atoms with Crippen molar-refractivity contribution in [2.75, 3.05) is 13.2 Å². The number of hydrogen-bond acceptors (Lipinski definition) is 4. The SMILES string of the molecule is Cc1c(C(=O)OCC(=O)NCC(C)C)oc2c1ccc1ccccc12. The van der Waals surface area contributed by atoms with Crippen molar-refractivity contribution in [1.82, 2.24) is 5.32 Å². The molecular formula is C20H21NO4. The van der Waals surface area contributed by atoms with Gasteiger partial charge in [0.25, 0.3) is 5.91 Å². The number of benzene rings is 2. The van der Waals surface area contributed by atoms with Crippen LogP contribution in [0.25, 0.3) is 21.7 Å². The lowest BCUT2D eigenvalue weighted by atomic mass is 10.1. The first-order valence-electron chi connectivity index (χ1n) is 8.32. The van der Waals surface area contributed by atoms with Gasteiger partial charge in [0.15, 0.2) is 6.61 Å². The maximum absolute atomic E-state index is 12.3. The topological polar surface area (TPSA) is 68.5 Å². The lowest BCUT2D eigenvalue weighted by Crippen LogP contribution is -2.31. The molecule has 0 saturated carbocycles. The minimum atomic E-state index is -0.627. The second-order valence-corrected chi connectivity index (χ2v) is 6.49. The van der Waals surface area contributed by atoms with Crippen molar-refractivity contribution < 1.29 is 18.7 Å². The van der Waals surface area contributed by atoms with E-state index in [1.165, 1.54) is 0 Å². The smallest absolute Gasteiger partial charge is 0.375 e. The van der Waals surface area contributed by atoms with Gasteiger partial charge in [0, 0.05) is 22.9 Å². The molecular weight excluding hydrogens is 318 g/mol. The zero-order chi connectivity index (χ0) is 18.0. The Morgan fingerprint density at radius 2 is 1.88 bits per heavy atom. The highest BCUT2D eigenvalue weighted by molar-refractivity contribution is 6.08. The highest BCUT2D eigenvalue weighted by atomic mass is 16.5. The quantitative estimate of drug-likeness (QED) is 0.718. The predicted molar refractivity (Wildman–Crippen MR) is 96.6 cm³/mol. The van der Waals surface area contributed by atoms with Crippen LogP contribution in [0.4, 0.5) is 0 Å². The molecule has 0 atom stereocenters. The van der Waals surface area contributed by atoms with Gasteiger partial charge in [-0.25, -0.2) is 4.79 Å². The molecule has 5 heteroatoms. The van der Waals surface area contributed by atoms with Crippen molar-refractivity contribution in [1.29, 1.82) is 0 Å². The number of furan rings is 1. The molecule has 1 heterocycles. The second-order valence-electron chi connectivity index (χ2n) is 6.49. The van der Waals surface area contributed by atoms with Gasteiger partial charge in [0.2, 0.25) is 5.76 Å². The van der Waals surface area contributed by atoms with E-state index in [9.17, 15) is 9.59 Å². The van der Waals surface area contributed by atoms with Crippen molar-refractivity contribution in [3.63, 3.8) is 0 Å². The average Bonchev–Trinajstić information content (AvgIpc) is 2.95. The number of esters is 1. The number of carbonyl (C=O) groups excluding carboxylic acids is 2. The Morgan fingerprint density at radius 1 is 1.12 bits per heavy atom. The molecule has 3 aromatic rings. The molecule has 1 aromatic heterocycles. The average molecular weight is 339 g/mol. The standard InChI is InChI=1S/C20H21NO4/c1-12(2)10-21-17(22)11-24-20(23)18-13(3)15-9-8-14-6-4-5-7-16(14)19(15)25-18/h4-9,12H,10-11H2,1-3H3,(H,21,22). The van der Waals surface area contributed by atoms with Gasteiger partial charge in [-0.2, -0.15) is 0 Å². The van der Waals surface area contributed by atoms with Gasteiger partial charge in [-0.05, 0) is 18.2 Å². The summed E-state index contributed by atoms with van der Waals surface area (Å²) in [6, 6.07) is 11.8. The molecule has 0 radical (unpaired) electrons. The van der Waals surface area contributed by atoms with Gasteiger partial charge in [-0.1, -0.05) is 50.2 Å². The number of aryl methyl sites for hydroxylation is 1. The Hall–Kier alpha value is -2.82. The molecule has 0 aliphatic heterocycles. The van der Waals surface area contributed by atoms with Crippen LogP contribution in [-0.4, -0.2) is 25.0 Å². The van der Waals surface area contributed by atoms with E-state index in [1.54, 1.807) is 0 Å². The predicted octanol–water partition coefficient (Wildman–Crippen LogP) is 3.82. The molecule has 0 bridgehead atoms. The summed E-state index contributed by atoms with van der Waals surface area (Å²) >= 11 is 0. The van der Waals surface area contributed by atoms with E-state index in [-0.39, 0.29) is 18.3 Å². The van der Waals surface area contributed by atoms with Crippen LogP contribution in [0.5, 0.6) is 0 Å². The Kier molecular flexibility index (Phi) is 4.74. The van der Waals surface area contributed by atoms with Crippen molar-refractivity contribution in [3.05, 3.63) is 47.7 Å². The van der Waals surface area contributed by atoms with E-state index in [1.807, 2.05) is 57.2 Å². The van der Waals surface area contributed by atoms with Crippen molar-refractivity contribution >= 4 is 33.6 Å². The minimum Gasteiger partial charge on any atom is -0.450 e. The molecule has 0 spiro atoms. The van der Waals surface area contributed by atoms with E-state index < -0.39 is 5.97 Å². The van der Waals surface area contributed by atoms with E-state index in [4.69, 9.17) is 9.15 Å². The Labute approximate surface area is 145 Å². The summed E-state index contributed by atoms with van der Waals surface area (Å²) in [7, 11) is 0. The molecule has 3 rings (SSSR count). The van der Waals surface area contributed by atoms with Gasteiger partial charge in [0.1, 0.15) is 5.58 Å². The summed E-state index contributed by atoms with van der Waals surface area (Å²) in [6.07, 6.45) is 0. The largest absolute Gasteiger partial charge is 0.450 e. The molecule has 2 aromatic carbocycles. The summed E-state index contributed by atoms with van der Waals surface area (Å²) in [5.41, 5.74) is 1.38. The fraction of sp³-hybridized carbons (Fsp3) is 0.300. The van der Waals surface area contributed by atoms with Gasteiger partial charge in [0.05, 0.1) is 0 Å². The molecule has 0 aliphatic carbocycles. The number of amides is 1. The van der Waals surface area contributed by atoms with Gasteiger partial charge >= 0.3 is 5.97 Å². The van der Waals surface area contributed by atoms with Crippen molar-refractivity contribution in [3.8, 4) is 0 Å². The summed E-state index contributed by atoms with van der Waals surface area (Å²) < 4.78 is 10.9. The van der Waals surface area contributed by atoms with Crippen LogP contribution in [0.1, 0.15) is 30.0 Å². The number of rotatable bonds is 5. The van der Waals surface area contributed by atoms with Crippen LogP contribution < -0.4 is 5.32 Å². The molecule has 0 aliphatic rings. The number of nitrogens with one attached hydrogen (secondary N) is 1. The van der Waals surface area contributed by atoms with Crippen LogP contribution >= 0.6 is 0 Å². The Morgan fingerprint density at radius 3 is 2.64 bits per heavy atom. The van der Waals surface area contributed by atoms with Crippen LogP contribution in [-0.2, 0) is 9.53 Å². The second kappa shape index (κ2) is 6.97. The third-order valence-electron chi connectivity index (χ3n) is 4.06. The number of carbonyl (C=O) groups is 2. The number of hydrogen-bond donors (Lipinski definition) is 1. The highest BCUT2D eigenvalue weighted by Gasteiger charge is 2.21. The molecule has 25 heavy (non-hydrogen) atoms. The molecule has 1 amide bonds. The summed E-state index contributed by atoms with van der Waals surface area (Å²) in [4.78, 5) is 24.0. The summed E-state index contributed by atoms with van der Waals surface area (Å²) in [5, 5.41) is 5.56. The van der Waals surface area contributed by atoms with Crippen LogP contribution in [0, 0.1) is 12.8 Å². The summed E-state index contributed by atoms with van der Waals surface area (Å²) in [6.45, 7) is 6.04. The first-order valence-corrected chi connectivity index (χ1v) is 8.32. The lowest BCUT2D eigenvalue weighted by Gasteiger charge is -2.07. The van der Waals surface area contributed by atoms with Crippen LogP contribution in [0.15, 0.2) is 40.8 Å². The third-order valence-corrected chi connectivity index (χ3v) is 4.06. The summed E-state index contributed by atoms with van der Waals surface area (Å²) in [5.74, 6) is -0.465. The van der Waals surface area contributed by atoms with E-state index >= 15 is 0 Å². The molecule has 1 N–H and O–H groups in total. The molecule has 130 valence electrons. The van der Waals surface area contributed by atoms with E-state index in [2.05, 4.69) is 5.32 Å². The maximum Gasteiger partial charge on any atom is 0.375 e. The van der Waals surface area contributed by atoms with Gasteiger partial charge in [-0.15, -0.1) is 0 Å². The zero-order valence-corrected chi connectivity index (χ0v) is 14.6. The number of ether oxygens (including phenoxy) is 1.